The van der Waals surface area contributed by atoms with Gasteiger partial charge in [-0.15, -0.1) is 0 Å². The van der Waals surface area contributed by atoms with Crippen molar-refractivity contribution in [1.82, 2.24) is 5.32 Å². The van der Waals surface area contributed by atoms with Crippen molar-refractivity contribution in [1.29, 1.82) is 0 Å². The van der Waals surface area contributed by atoms with Gasteiger partial charge in [-0.25, -0.2) is 0 Å². The number of unbranched alkanes of at least 4 members (excludes halogenated alkanes) is 3. The van der Waals surface area contributed by atoms with Crippen molar-refractivity contribution in [3.63, 3.8) is 0 Å². The molecule has 1 atom stereocenters. The summed E-state index contributed by atoms with van der Waals surface area (Å²) in [6, 6.07) is 0.500. The summed E-state index contributed by atoms with van der Waals surface area (Å²) in [7, 11) is 1.49. The summed E-state index contributed by atoms with van der Waals surface area (Å²) in [6.07, 6.45) is 10.6. The van der Waals surface area contributed by atoms with Gasteiger partial charge in [0.15, 0.2) is 0 Å². The quantitative estimate of drug-likeness (QED) is 0.533. The predicted octanol–water partition coefficient (Wildman–Crippen LogP) is 3.42. The van der Waals surface area contributed by atoms with E-state index in [1.165, 1.54) is 52.1 Å². The normalized spacial score (nSPS) is 19.7. The molecule has 0 aliphatic heterocycles. The van der Waals surface area contributed by atoms with E-state index in [9.17, 15) is 4.79 Å². The highest BCUT2D eigenvalue weighted by molar-refractivity contribution is 5.80. The average molecular weight is 255 g/mol. The zero-order chi connectivity index (χ0) is 13.4. The van der Waals surface area contributed by atoms with Gasteiger partial charge < -0.3 is 4.74 Å². The first kappa shape index (κ1) is 15.5. The molecule has 0 saturated heterocycles. The third-order valence-corrected chi connectivity index (χ3v) is 4.04. The standard InChI is InChI=1S/C15H29NO2/c1-4-5-6-9-12-15(2,14(17)18-3)16-13-10-7-8-11-13/h13,16H,4-12H2,1-3H3. The largest absolute Gasteiger partial charge is 0.468 e. The third kappa shape index (κ3) is 4.60. The Balaban J connectivity index is 2.48. The molecule has 1 aliphatic rings. The van der Waals surface area contributed by atoms with Crippen LogP contribution in [0.1, 0.15) is 71.6 Å². The molecule has 0 aromatic heterocycles. The lowest BCUT2D eigenvalue weighted by Gasteiger charge is -2.31. The summed E-state index contributed by atoms with van der Waals surface area (Å²) in [5.41, 5.74) is -0.489. The summed E-state index contributed by atoms with van der Waals surface area (Å²) < 4.78 is 4.98. The summed E-state index contributed by atoms with van der Waals surface area (Å²) >= 11 is 0. The monoisotopic (exact) mass is 255 g/mol. The first-order valence-electron chi connectivity index (χ1n) is 7.48. The van der Waals surface area contributed by atoms with Gasteiger partial charge in [-0.2, -0.15) is 0 Å². The highest BCUT2D eigenvalue weighted by Crippen LogP contribution is 2.24. The smallest absolute Gasteiger partial charge is 0.325 e. The van der Waals surface area contributed by atoms with Crippen LogP contribution in [0.3, 0.4) is 0 Å². The van der Waals surface area contributed by atoms with E-state index in [1.54, 1.807) is 0 Å². The highest BCUT2D eigenvalue weighted by atomic mass is 16.5. The summed E-state index contributed by atoms with van der Waals surface area (Å²) in [5, 5.41) is 3.55. The molecule has 0 amide bonds. The Hall–Kier alpha value is -0.570. The second kappa shape index (κ2) is 7.78. The van der Waals surface area contributed by atoms with E-state index in [0.717, 1.165) is 12.8 Å². The van der Waals surface area contributed by atoms with Gasteiger partial charge in [-0.3, -0.25) is 10.1 Å². The number of carbonyl (C=O) groups excluding carboxylic acids is 1. The molecule has 3 heteroatoms. The molecule has 0 aromatic carbocycles. The molecular weight excluding hydrogens is 226 g/mol. The van der Waals surface area contributed by atoms with Crippen LogP contribution in [0.5, 0.6) is 0 Å². The van der Waals surface area contributed by atoms with Crippen LogP contribution < -0.4 is 5.32 Å². The van der Waals surface area contributed by atoms with Gasteiger partial charge >= 0.3 is 5.97 Å². The Bertz CT molecular complexity index is 249. The zero-order valence-electron chi connectivity index (χ0n) is 12.3. The Morgan fingerprint density at radius 1 is 1.28 bits per heavy atom. The number of methoxy groups -OCH3 is 1. The Morgan fingerprint density at radius 2 is 1.94 bits per heavy atom. The van der Waals surface area contributed by atoms with Crippen molar-refractivity contribution in [2.45, 2.75) is 83.2 Å². The Labute approximate surface area is 112 Å². The van der Waals surface area contributed by atoms with E-state index in [-0.39, 0.29) is 5.97 Å². The SMILES string of the molecule is CCCCCCC(C)(NC1CCCC1)C(=O)OC. The molecular formula is C15H29NO2. The second-order valence-corrected chi connectivity index (χ2v) is 5.76. The number of hydrogen-bond acceptors (Lipinski definition) is 3. The van der Waals surface area contributed by atoms with E-state index in [4.69, 9.17) is 4.74 Å². The number of rotatable bonds is 8. The Kier molecular flexibility index (Phi) is 6.69. The van der Waals surface area contributed by atoms with Crippen molar-refractivity contribution in [2.24, 2.45) is 0 Å². The molecule has 18 heavy (non-hydrogen) atoms. The van der Waals surface area contributed by atoms with Gasteiger partial charge in [-0.1, -0.05) is 45.4 Å². The molecule has 1 fully saturated rings. The van der Waals surface area contributed by atoms with Crippen molar-refractivity contribution in [3.05, 3.63) is 0 Å². The van der Waals surface area contributed by atoms with E-state index in [2.05, 4.69) is 12.2 Å². The van der Waals surface area contributed by atoms with E-state index < -0.39 is 5.54 Å². The molecule has 1 unspecified atom stereocenters. The topological polar surface area (TPSA) is 38.3 Å². The Morgan fingerprint density at radius 3 is 2.50 bits per heavy atom. The van der Waals surface area contributed by atoms with Crippen LogP contribution in [-0.2, 0) is 9.53 Å². The number of hydrogen-bond donors (Lipinski definition) is 1. The lowest BCUT2D eigenvalue weighted by Crippen LogP contribution is -2.53. The number of carbonyl (C=O) groups is 1. The van der Waals surface area contributed by atoms with Crippen LogP contribution in [0.4, 0.5) is 0 Å². The third-order valence-electron chi connectivity index (χ3n) is 4.04. The molecule has 0 aromatic rings. The maximum atomic E-state index is 12.0. The highest BCUT2D eigenvalue weighted by Gasteiger charge is 2.36. The molecule has 106 valence electrons. The van der Waals surface area contributed by atoms with E-state index in [0.29, 0.717) is 6.04 Å². The molecule has 0 radical (unpaired) electrons. The molecule has 1 aliphatic carbocycles. The van der Waals surface area contributed by atoms with Gasteiger partial charge in [0.25, 0.3) is 0 Å². The molecule has 0 bridgehead atoms. The van der Waals surface area contributed by atoms with Crippen molar-refractivity contribution in [3.8, 4) is 0 Å². The minimum Gasteiger partial charge on any atom is -0.468 e. The fraction of sp³-hybridized carbons (Fsp3) is 0.933. The second-order valence-electron chi connectivity index (χ2n) is 5.76. The van der Waals surface area contributed by atoms with Crippen molar-refractivity contribution >= 4 is 5.97 Å². The minimum atomic E-state index is -0.489. The zero-order valence-corrected chi connectivity index (χ0v) is 12.3. The fourth-order valence-corrected chi connectivity index (χ4v) is 2.88. The first-order valence-corrected chi connectivity index (χ1v) is 7.48. The number of esters is 1. The van der Waals surface area contributed by atoms with Crippen molar-refractivity contribution in [2.75, 3.05) is 7.11 Å². The summed E-state index contributed by atoms with van der Waals surface area (Å²) in [4.78, 5) is 12.0. The van der Waals surface area contributed by atoms with Gasteiger partial charge in [0.2, 0.25) is 0 Å². The molecule has 1 N–H and O–H groups in total. The van der Waals surface area contributed by atoms with Crippen LogP contribution in [0.25, 0.3) is 0 Å². The number of nitrogens with one attached hydrogen (secondary N) is 1. The predicted molar refractivity (Wildman–Crippen MR) is 74.6 cm³/mol. The van der Waals surface area contributed by atoms with Crippen molar-refractivity contribution < 1.29 is 9.53 Å². The van der Waals surface area contributed by atoms with Crippen LogP contribution in [0.15, 0.2) is 0 Å². The number of ether oxygens (including phenoxy) is 1. The average Bonchev–Trinajstić information content (AvgIpc) is 2.86. The molecule has 3 nitrogen and oxygen atoms in total. The molecule has 0 heterocycles. The lowest BCUT2D eigenvalue weighted by molar-refractivity contribution is -0.148. The van der Waals surface area contributed by atoms with Gasteiger partial charge in [0.05, 0.1) is 7.11 Å². The fourth-order valence-electron chi connectivity index (χ4n) is 2.88. The van der Waals surface area contributed by atoms with Gasteiger partial charge in [0.1, 0.15) is 5.54 Å². The lowest BCUT2D eigenvalue weighted by atomic mass is 9.92. The van der Waals surface area contributed by atoms with Crippen LogP contribution in [0, 0.1) is 0 Å². The first-order chi connectivity index (χ1) is 8.62. The van der Waals surface area contributed by atoms with Crippen LogP contribution in [-0.4, -0.2) is 24.7 Å². The van der Waals surface area contributed by atoms with Gasteiger partial charge in [-0.05, 0) is 26.2 Å². The molecule has 1 saturated carbocycles. The van der Waals surface area contributed by atoms with E-state index in [1.807, 2.05) is 6.92 Å². The molecule has 1 rings (SSSR count). The maximum absolute atomic E-state index is 12.0. The van der Waals surface area contributed by atoms with Gasteiger partial charge in [0, 0.05) is 6.04 Å². The van der Waals surface area contributed by atoms with Crippen LogP contribution in [0.2, 0.25) is 0 Å². The summed E-state index contributed by atoms with van der Waals surface area (Å²) in [5.74, 6) is -0.106. The maximum Gasteiger partial charge on any atom is 0.325 e. The minimum absolute atomic E-state index is 0.106. The van der Waals surface area contributed by atoms with Crippen LogP contribution >= 0.6 is 0 Å². The van der Waals surface area contributed by atoms with E-state index >= 15 is 0 Å². The summed E-state index contributed by atoms with van der Waals surface area (Å²) in [6.45, 7) is 4.21. The molecule has 0 spiro atoms.